The maximum absolute atomic E-state index is 11.0. The molecule has 0 bridgehead atoms. The SMILES string of the molecule is O=C1Cc2ccccc2C1=O.[Zn]. The monoisotopic (exact) mass is 210 g/mol. The Bertz CT molecular complexity index is 344. The fourth-order valence-corrected chi connectivity index (χ4v) is 1.30. The van der Waals surface area contributed by atoms with Crippen LogP contribution in [0.3, 0.4) is 0 Å². The van der Waals surface area contributed by atoms with Crippen LogP contribution in [0.2, 0.25) is 0 Å². The number of ketones is 2. The van der Waals surface area contributed by atoms with E-state index in [0.717, 1.165) is 5.56 Å². The third-order valence-corrected chi connectivity index (χ3v) is 1.87. The summed E-state index contributed by atoms with van der Waals surface area (Å²) in [6.07, 6.45) is 0.287. The van der Waals surface area contributed by atoms with Crippen molar-refractivity contribution in [3.05, 3.63) is 35.4 Å². The Balaban J connectivity index is 0.000000720. The number of Topliss-reactive ketones (excluding diaryl/α,β-unsaturated/α-hetero) is 2. The third-order valence-electron chi connectivity index (χ3n) is 1.87. The van der Waals surface area contributed by atoms with Gasteiger partial charge in [-0.25, -0.2) is 0 Å². The van der Waals surface area contributed by atoms with E-state index in [2.05, 4.69) is 0 Å². The maximum atomic E-state index is 11.0. The van der Waals surface area contributed by atoms with Crippen LogP contribution in [0, 0.1) is 0 Å². The molecule has 0 saturated heterocycles. The van der Waals surface area contributed by atoms with Crippen LogP contribution in [-0.2, 0) is 30.7 Å². The molecule has 0 radical (unpaired) electrons. The van der Waals surface area contributed by atoms with E-state index in [1.54, 1.807) is 12.1 Å². The van der Waals surface area contributed by atoms with E-state index in [0.29, 0.717) is 5.56 Å². The smallest absolute Gasteiger partial charge is 0.229 e. The molecular weight excluding hydrogens is 205 g/mol. The molecule has 0 spiro atoms. The molecule has 2 nitrogen and oxygen atoms in total. The molecule has 1 aromatic rings. The van der Waals surface area contributed by atoms with Gasteiger partial charge in [-0.3, -0.25) is 9.59 Å². The number of carbonyl (C=O) groups excluding carboxylic acids is 2. The van der Waals surface area contributed by atoms with Crippen molar-refractivity contribution in [1.82, 2.24) is 0 Å². The van der Waals surface area contributed by atoms with Gasteiger partial charge in [0.2, 0.25) is 11.6 Å². The molecule has 2 rings (SSSR count). The number of fused-ring (bicyclic) bond motifs is 1. The first-order chi connectivity index (χ1) is 5.29. The summed E-state index contributed by atoms with van der Waals surface area (Å²) in [5.74, 6) is -0.619. The number of benzene rings is 1. The predicted molar refractivity (Wildman–Crippen MR) is 39.5 cm³/mol. The van der Waals surface area contributed by atoms with Gasteiger partial charge >= 0.3 is 0 Å². The van der Waals surface area contributed by atoms with E-state index in [9.17, 15) is 9.59 Å². The van der Waals surface area contributed by atoms with Crippen molar-refractivity contribution in [3.8, 4) is 0 Å². The zero-order valence-corrected chi connectivity index (χ0v) is 9.51. The molecule has 1 aliphatic carbocycles. The van der Waals surface area contributed by atoms with Crippen molar-refractivity contribution in [1.29, 1.82) is 0 Å². The first-order valence-corrected chi connectivity index (χ1v) is 3.44. The molecule has 56 valence electrons. The fourth-order valence-electron chi connectivity index (χ4n) is 1.30. The number of hydrogen-bond acceptors (Lipinski definition) is 2. The summed E-state index contributed by atoms with van der Waals surface area (Å²) in [4.78, 5) is 21.9. The second-order valence-corrected chi connectivity index (χ2v) is 2.59. The quantitative estimate of drug-likeness (QED) is 0.474. The fraction of sp³-hybridized carbons (Fsp3) is 0.111. The van der Waals surface area contributed by atoms with Gasteiger partial charge < -0.3 is 0 Å². The number of carbonyl (C=O) groups is 2. The Morgan fingerprint density at radius 1 is 1.08 bits per heavy atom. The van der Waals surface area contributed by atoms with Crippen molar-refractivity contribution >= 4 is 11.6 Å². The molecule has 12 heavy (non-hydrogen) atoms. The minimum absolute atomic E-state index is 0. The molecule has 0 amide bonds. The second-order valence-electron chi connectivity index (χ2n) is 2.59. The zero-order chi connectivity index (χ0) is 7.84. The molecule has 0 atom stereocenters. The van der Waals surface area contributed by atoms with Gasteiger partial charge in [-0.05, 0) is 5.56 Å². The normalized spacial score (nSPS) is 14.0. The van der Waals surface area contributed by atoms with Gasteiger partial charge in [0.25, 0.3) is 0 Å². The first kappa shape index (κ1) is 9.27. The van der Waals surface area contributed by atoms with E-state index >= 15 is 0 Å². The largest absolute Gasteiger partial charge is 0.290 e. The summed E-state index contributed by atoms with van der Waals surface area (Å²) in [5.41, 5.74) is 1.44. The average molecular weight is 212 g/mol. The van der Waals surface area contributed by atoms with Crippen molar-refractivity contribution < 1.29 is 29.1 Å². The Kier molecular flexibility index (Phi) is 2.53. The summed E-state index contributed by atoms with van der Waals surface area (Å²) in [6.45, 7) is 0. The Hall–Kier alpha value is -0.817. The molecule has 3 heteroatoms. The first-order valence-electron chi connectivity index (χ1n) is 3.44. The van der Waals surface area contributed by atoms with Gasteiger partial charge in [0, 0.05) is 31.5 Å². The van der Waals surface area contributed by atoms with Crippen LogP contribution >= 0.6 is 0 Å². The number of hydrogen-bond donors (Lipinski definition) is 0. The van der Waals surface area contributed by atoms with E-state index in [4.69, 9.17) is 0 Å². The van der Waals surface area contributed by atoms with Gasteiger partial charge in [-0.2, -0.15) is 0 Å². The van der Waals surface area contributed by atoms with Crippen LogP contribution in [-0.4, -0.2) is 11.6 Å². The van der Waals surface area contributed by atoms with Crippen molar-refractivity contribution in [3.63, 3.8) is 0 Å². The molecular formula is C9H6O2Zn. The molecule has 1 aromatic carbocycles. The van der Waals surface area contributed by atoms with Crippen LogP contribution in [0.1, 0.15) is 15.9 Å². The zero-order valence-electron chi connectivity index (χ0n) is 6.54. The minimum atomic E-state index is -0.333. The second kappa shape index (κ2) is 3.28. The van der Waals surface area contributed by atoms with E-state index in [1.165, 1.54) is 0 Å². The topological polar surface area (TPSA) is 34.1 Å². The molecule has 0 aromatic heterocycles. The summed E-state index contributed by atoms with van der Waals surface area (Å²) < 4.78 is 0. The Morgan fingerprint density at radius 2 is 1.75 bits per heavy atom. The van der Waals surface area contributed by atoms with E-state index in [1.807, 2.05) is 12.1 Å². The molecule has 0 N–H and O–H groups in total. The van der Waals surface area contributed by atoms with Crippen molar-refractivity contribution in [2.75, 3.05) is 0 Å². The molecule has 0 fully saturated rings. The maximum Gasteiger partial charge on any atom is 0.229 e. The van der Waals surface area contributed by atoms with Gasteiger partial charge in [0.05, 0.1) is 0 Å². The van der Waals surface area contributed by atoms with E-state index in [-0.39, 0.29) is 37.5 Å². The van der Waals surface area contributed by atoms with E-state index < -0.39 is 0 Å². The Morgan fingerprint density at radius 3 is 2.42 bits per heavy atom. The van der Waals surface area contributed by atoms with Crippen molar-refractivity contribution in [2.24, 2.45) is 0 Å². The minimum Gasteiger partial charge on any atom is -0.290 e. The molecule has 1 aliphatic rings. The summed E-state index contributed by atoms with van der Waals surface area (Å²) >= 11 is 0. The summed E-state index contributed by atoms with van der Waals surface area (Å²) in [6, 6.07) is 7.13. The van der Waals surface area contributed by atoms with Crippen molar-refractivity contribution in [2.45, 2.75) is 6.42 Å². The van der Waals surface area contributed by atoms with Gasteiger partial charge in [0.15, 0.2) is 0 Å². The van der Waals surface area contributed by atoms with Crippen LogP contribution in [0.25, 0.3) is 0 Å². The molecule has 0 unspecified atom stereocenters. The average Bonchev–Trinajstić information content (AvgIpc) is 2.30. The Labute approximate surface area is 82.7 Å². The number of rotatable bonds is 0. The van der Waals surface area contributed by atoms with Crippen LogP contribution in [0.4, 0.5) is 0 Å². The predicted octanol–water partition coefficient (Wildman–Crippen LogP) is 0.992. The summed E-state index contributed by atoms with van der Waals surface area (Å²) in [5, 5.41) is 0. The molecule has 0 aliphatic heterocycles. The third kappa shape index (κ3) is 1.25. The van der Waals surface area contributed by atoms with Crippen LogP contribution < -0.4 is 0 Å². The van der Waals surface area contributed by atoms with Gasteiger partial charge in [-0.1, -0.05) is 24.3 Å². The molecule has 0 saturated carbocycles. The standard InChI is InChI=1S/C9H6O2.Zn/c10-8-5-6-3-1-2-4-7(6)9(8)11;/h1-4H,5H2;. The van der Waals surface area contributed by atoms with Crippen LogP contribution in [0.15, 0.2) is 24.3 Å². The van der Waals surface area contributed by atoms with Gasteiger partial charge in [0.1, 0.15) is 0 Å². The molecule has 0 heterocycles. The van der Waals surface area contributed by atoms with Crippen LogP contribution in [0.5, 0.6) is 0 Å². The summed E-state index contributed by atoms with van der Waals surface area (Å²) in [7, 11) is 0. The van der Waals surface area contributed by atoms with Gasteiger partial charge in [-0.15, -0.1) is 0 Å².